The molecule has 3 heteroatoms. The number of carbonyl (C=O) groups is 1. The molecule has 0 spiro atoms. The van der Waals surface area contributed by atoms with E-state index in [4.69, 9.17) is 0 Å². The third-order valence-electron chi connectivity index (χ3n) is 0.592. The van der Waals surface area contributed by atoms with Crippen molar-refractivity contribution in [2.45, 2.75) is 6.92 Å². The number of rotatable bonds is 1. The predicted molar refractivity (Wildman–Crippen MR) is 30.6 cm³/mol. The third kappa shape index (κ3) is 1.55. The Morgan fingerprint density at radius 2 is 2.12 bits per heavy atom. The lowest BCUT2D eigenvalue weighted by atomic mass is 10.3. The van der Waals surface area contributed by atoms with Crippen molar-refractivity contribution in [1.82, 2.24) is 0 Å². The van der Waals surface area contributed by atoms with Gasteiger partial charge in [0.05, 0.1) is 5.57 Å². The summed E-state index contributed by atoms with van der Waals surface area (Å²) in [6, 6.07) is 0. The first-order valence-electron chi connectivity index (χ1n) is 2.03. The molecule has 44 valence electrons. The van der Waals surface area contributed by atoms with Gasteiger partial charge in [-0.2, -0.15) is 0 Å². The van der Waals surface area contributed by atoms with E-state index in [9.17, 15) is 10.0 Å². The molecule has 0 saturated heterocycles. The summed E-state index contributed by atoms with van der Waals surface area (Å²) >= 11 is 0. The second-order valence-electron chi connectivity index (χ2n) is 1.46. The van der Waals surface area contributed by atoms with Gasteiger partial charge in [0.15, 0.2) is 0 Å². The smallest absolute Gasteiger partial charge is 0.425 e. The van der Waals surface area contributed by atoms with Gasteiger partial charge in [-0.1, -0.05) is 6.58 Å². The van der Waals surface area contributed by atoms with Crippen LogP contribution in [0.5, 0.6) is 0 Å². The fraction of sp³-hybridized carbons (Fsp3) is 0.200. The zero-order valence-corrected chi connectivity index (χ0v) is 4.68. The fourth-order valence-corrected chi connectivity index (χ4v) is 0.213. The first-order chi connectivity index (χ1) is 3.55. The summed E-state index contributed by atoms with van der Waals surface area (Å²) in [6.07, 6.45) is 0. The SMILES string of the molecule is C=C(C)C(=O)[N+](=C)[O-]. The van der Waals surface area contributed by atoms with Crippen molar-refractivity contribution in [2.24, 2.45) is 0 Å². The molecule has 0 rings (SSSR count). The van der Waals surface area contributed by atoms with Crippen molar-refractivity contribution in [3.8, 4) is 0 Å². The van der Waals surface area contributed by atoms with Crippen LogP contribution in [-0.2, 0) is 4.79 Å². The van der Waals surface area contributed by atoms with Crippen molar-refractivity contribution >= 4 is 12.6 Å². The molecule has 0 aromatic rings. The molecule has 0 aromatic carbocycles. The summed E-state index contributed by atoms with van der Waals surface area (Å²) in [5.74, 6) is -0.676. The van der Waals surface area contributed by atoms with Gasteiger partial charge in [0, 0.05) is 0 Å². The molecule has 0 unspecified atom stereocenters. The molecule has 0 saturated carbocycles. The highest BCUT2D eigenvalue weighted by Gasteiger charge is 2.06. The van der Waals surface area contributed by atoms with Crippen LogP contribution in [0.1, 0.15) is 6.92 Å². The van der Waals surface area contributed by atoms with E-state index in [-0.39, 0.29) is 10.3 Å². The van der Waals surface area contributed by atoms with Crippen LogP contribution in [0.3, 0.4) is 0 Å². The van der Waals surface area contributed by atoms with E-state index in [0.29, 0.717) is 0 Å². The minimum Gasteiger partial charge on any atom is -0.616 e. The quantitative estimate of drug-likeness (QED) is 0.161. The lowest BCUT2D eigenvalue weighted by Gasteiger charge is -1.94. The van der Waals surface area contributed by atoms with E-state index in [1.807, 2.05) is 0 Å². The van der Waals surface area contributed by atoms with E-state index in [1.54, 1.807) is 0 Å². The van der Waals surface area contributed by atoms with Crippen molar-refractivity contribution in [2.75, 3.05) is 0 Å². The summed E-state index contributed by atoms with van der Waals surface area (Å²) in [4.78, 5) is 10.3. The monoisotopic (exact) mass is 113 g/mol. The van der Waals surface area contributed by atoms with Gasteiger partial charge in [0.2, 0.25) is 0 Å². The van der Waals surface area contributed by atoms with E-state index in [1.165, 1.54) is 6.92 Å². The Morgan fingerprint density at radius 3 is 2.12 bits per heavy atom. The van der Waals surface area contributed by atoms with Crippen LogP contribution in [-0.4, -0.2) is 17.4 Å². The molecule has 0 radical (unpaired) electrons. The molecule has 0 bridgehead atoms. The van der Waals surface area contributed by atoms with E-state index >= 15 is 0 Å². The van der Waals surface area contributed by atoms with Gasteiger partial charge in [-0.25, -0.2) is 4.79 Å². The van der Waals surface area contributed by atoms with Crippen LogP contribution in [0.2, 0.25) is 0 Å². The van der Waals surface area contributed by atoms with Gasteiger partial charge in [0.25, 0.3) is 0 Å². The minimum atomic E-state index is -0.676. The first kappa shape index (κ1) is 6.88. The predicted octanol–water partition coefficient (Wildman–Crippen LogP) is 0.300. The zero-order valence-electron chi connectivity index (χ0n) is 4.68. The number of carbonyl (C=O) groups excluding carboxylic acids is 1. The van der Waals surface area contributed by atoms with Crippen LogP contribution >= 0.6 is 0 Å². The van der Waals surface area contributed by atoms with Crippen LogP contribution in [0.15, 0.2) is 12.2 Å². The highest BCUT2D eigenvalue weighted by atomic mass is 16.5. The maximum Gasteiger partial charge on any atom is 0.425 e. The summed E-state index contributed by atoms with van der Waals surface area (Å²) in [7, 11) is 0. The lowest BCUT2D eigenvalue weighted by Crippen LogP contribution is -2.12. The summed E-state index contributed by atoms with van der Waals surface area (Å²) < 4.78 is 0.00231. The molecule has 0 atom stereocenters. The molecule has 0 aliphatic rings. The maximum atomic E-state index is 10.3. The van der Waals surface area contributed by atoms with Crippen LogP contribution in [0, 0.1) is 5.21 Å². The van der Waals surface area contributed by atoms with Gasteiger partial charge >= 0.3 is 5.91 Å². The highest BCUT2D eigenvalue weighted by molar-refractivity contribution is 5.86. The second kappa shape index (κ2) is 2.26. The molecular weight excluding hydrogens is 106 g/mol. The fourth-order valence-electron chi connectivity index (χ4n) is 0.213. The largest absolute Gasteiger partial charge is 0.616 e. The normalized spacial score (nSPS) is 8.12. The standard InChI is InChI=1S/C5H7NO2/c1-4(2)5(7)6(3)8/h1,3H2,2H3. The highest BCUT2D eigenvalue weighted by Crippen LogP contribution is 1.87. The summed E-state index contributed by atoms with van der Waals surface area (Å²) in [6.45, 7) is 7.53. The van der Waals surface area contributed by atoms with Gasteiger partial charge in [-0.3, -0.25) is 0 Å². The Labute approximate surface area is 47.5 Å². The number of hydroxylamine groups is 1. The Morgan fingerprint density at radius 1 is 1.75 bits per heavy atom. The van der Waals surface area contributed by atoms with Crippen LogP contribution in [0.25, 0.3) is 0 Å². The molecule has 0 fully saturated rings. The van der Waals surface area contributed by atoms with Crippen LogP contribution in [0.4, 0.5) is 0 Å². The van der Waals surface area contributed by atoms with Gasteiger partial charge < -0.3 is 5.21 Å². The number of hydrogen-bond donors (Lipinski definition) is 0. The number of nitrogens with zero attached hydrogens (tertiary/aromatic N) is 1. The van der Waals surface area contributed by atoms with Gasteiger partial charge in [-0.05, 0) is 6.92 Å². The summed E-state index contributed by atoms with van der Waals surface area (Å²) in [5.41, 5.74) is 0.204. The minimum absolute atomic E-state index is 0.00231. The Balaban J connectivity index is 4.05. The van der Waals surface area contributed by atoms with Gasteiger partial charge in [-0.15, -0.1) is 4.74 Å². The average Bonchev–Trinajstić information content (AvgIpc) is 1.64. The zero-order chi connectivity index (χ0) is 6.73. The second-order valence-corrected chi connectivity index (χ2v) is 1.46. The molecule has 3 nitrogen and oxygen atoms in total. The van der Waals surface area contributed by atoms with E-state index in [2.05, 4.69) is 13.3 Å². The number of hydrogen-bond acceptors (Lipinski definition) is 2. The maximum absolute atomic E-state index is 10.3. The van der Waals surface area contributed by atoms with Crippen molar-refractivity contribution in [1.29, 1.82) is 0 Å². The third-order valence-corrected chi connectivity index (χ3v) is 0.592. The van der Waals surface area contributed by atoms with Crippen molar-refractivity contribution in [3.05, 3.63) is 17.4 Å². The van der Waals surface area contributed by atoms with E-state index < -0.39 is 5.91 Å². The molecular formula is C5H7NO2. The Hall–Kier alpha value is -1.12. The number of amides is 1. The topological polar surface area (TPSA) is 43.1 Å². The average molecular weight is 113 g/mol. The molecule has 1 amide bonds. The molecule has 0 N–H and O–H groups in total. The molecule has 0 aliphatic heterocycles. The van der Waals surface area contributed by atoms with E-state index in [0.717, 1.165) is 0 Å². The Kier molecular flexibility index (Phi) is 1.94. The lowest BCUT2D eigenvalue weighted by molar-refractivity contribution is -0.368. The van der Waals surface area contributed by atoms with Crippen molar-refractivity contribution < 1.29 is 9.53 Å². The van der Waals surface area contributed by atoms with Crippen molar-refractivity contribution in [3.63, 3.8) is 0 Å². The molecule has 8 heavy (non-hydrogen) atoms. The molecule has 0 aromatic heterocycles. The molecule has 0 aliphatic carbocycles. The summed E-state index contributed by atoms with van der Waals surface area (Å²) in [5, 5.41) is 9.98. The van der Waals surface area contributed by atoms with Crippen LogP contribution < -0.4 is 0 Å². The Bertz CT molecular complexity index is 133. The first-order valence-corrected chi connectivity index (χ1v) is 2.03. The van der Waals surface area contributed by atoms with Gasteiger partial charge in [0.1, 0.15) is 6.72 Å². The molecule has 0 heterocycles.